The van der Waals surface area contributed by atoms with Gasteiger partial charge in [0.2, 0.25) is 0 Å². The number of ether oxygens (including phenoxy) is 1. The highest BCUT2D eigenvalue weighted by atomic mass is 31.1. The highest BCUT2D eigenvalue weighted by molar-refractivity contribution is 7.41. The molecule has 0 spiro atoms. The summed E-state index contributed by atoms with van der Waals surface area (Å²) in [6, 6.07) is 0. The van der Waals surface area contributed by atoms with Gasteiger partial charge in [0, 0.05) is 18.0 Å². The van der Waals surface area contributed by atoms with Crippen molar-refractivity contribution >= 4 is 19.8 Å². The number of anilines is 1. The first-order chi connectivity index (χ1) is 12.4. The maximum atomic E-state index is 12.2. The first-order valence-corrected chi connectivity index (χ1v) is 9.42. The summed E-state index contributed by atoms with van der Waals surface area (Å²) in [5, 5.41) is 8.03. The van der Waals surface area contributed by atoms with Crippen LogP contribution >= 0.6 is 8.03 Å². The van der Waals surface area contributed by atoms with Crippen LogP contribution in [-0.2, 0) is 31.6 Å². The molecule has 2 aromatic heterocycles. The molecule has 0 amide bonds. The molecule has 140 valence electrons. The lowest BCUT2D eigenvalue weighted by Gasteiger charge is -2.05. The summed E-state index contributed by atoms with van der Waals surface area (Å²) in [5.74, 6) is 0.383. The topological polar surface area (TPSA) is 135 Å². The van der Waals surface area contributed by atoms with Crippen molar-refractivity contribution in [2.75, 3.05) is 18.9 Å². The Hall–Kier alpha value is -2.45. The SMILES string of the molecule is CCOC(=O)C(Cc1cn(Cc2cnc(C)nc2N)nn1)[P+](=O)OCC. The van der Waals surface area contributed by atoms with E-state index < -0.39 is 19.7 Å². The zero-order valence-corrected chi connectivity index (χ0v) is 15.8. The molecule has 2 heterocycles. The van der Waals surface area contributed by atoms with Crippen LogP contribution in [0.25, 0.3) is 0 Å². The number of hydrogen-bond donors (Lipinski definition) is 1. The molecule has 2 N–H and O–H groups in total. The first kappa shape index (κ1) is 19.9. The lowest BCUT2D eigenvalue weighted by Crippen LogP contribution is -2.23. The quantitative estimate of drug-likeness (QED) is 0.503. The van der Waals surface area contributed by atoms with Crippen molar-refractivity contribution in [1.82, 2.24) is 25.0 Å². The van der Waals surface area contributed by atoms with Gasteiger partial charge in [0.25, 0.3) is 5.66 Å². The van der Waals surface area contributed by atoms with Crippen LogP contribution in [0.4, 0.5) is 5.82 Å². The van der Waals surface area contributed by atoms with Crippen molar-refractivity contribution in [3.63, 3.8) is 0 Å². The van der Waals surface area contributed by atoms with Crippen molar-refractivity contribution in [2.45, 2.75) is 39.4 Å². The van der Waals surface area contributed by atoms with Crippen LogP contribution < -0.4 is 5.73 Å². The van der Waals surface area contributed by atoms with Gasteiger partial charge in [-0.05, 0) is 25.3 Å². The van der Waals surface area contributed by atoms with Crippen LogP contribution in [0.5, 0.6) is 0 Å². The van der Waals surface area contributed by atoms with Gasteiger partial charge < -0.3 is 10.5 Å². The molecule has 0 saturated heterocycles. The van der Waals surface area contributed by atoms with Crippen LogP contribution in [0.2, 0.25) is 0 Å². The summed E-state index contributed by atoms with van der Waals surface area (Å²) in [4.78, 5) is 20.3. The van der Waals surface area contributed by atoms with E-state index in [2.05, 4.69) is 20.3 Å². The zero-order valence-electron chi connectivity index (χ0n) is 15.0. The van der Waals surface area contributed by atoms with Crippen molar-refractivity contribution in [1.29, 1.82) is 0 Å². The molecule has 11 heteroatoms. The summed E-state index contributed by atoms with van der Waals surface area (Å²) < 4.78 is 23.8. The lowest BCUT2D eigenvalue weighted by atomic mass is 10.2. The second-order valence-electron chi connectivity index (χ2n) is 5.41. The van der Waals surface area contributed by atoms with Gasteiger partial charge in [0.15, 0.2) is 0 Å². The maximum Gasteiger partial charge on any atom is 0.523 e. The fraction of sp³-hybridized carbons (Fsp3) is 0.533. The Kier molecular flexibility index (Phi) is 7.11. The molecule has 0 aliphatic rings. The Morgan fingerprint density at radius 1 is 1.38 bits per heavy atom. The molecule has 0 aromatic carbocycles. The Balaban J connectivity index is 2.11. The molecule has 0 aliphatic heterocycles. The van der Waals surface area contributed by atoms with Gasteiger partial charge in [-0.1, -0.05) is 5.21 Å². The van der Waals surface area contributed by atoms with Gasteiger partial charge in [-0.25, -0.2) is 19.4 Å². The van der Waals surface area contributed by atoms with Crippen molar-refractivity contribution in [3.8, 4) is 0 Å². The monoisotopic (exact) mass is 381 g/mol. The van der Waals surface area contributed by atoms with Gasteiger partial charge >= 0.3 is 14.0 Å². The number of rotatable bonds is 9. The first-order valence-electron chi connectivity index (χ1n) is 8.17. The molecule has 0 fully saturated rings. The second kappa shape index (κ2) is 9.30. The van der Waals surface area contributed by atoms with E-state index in [0.717, 1.165) is 0 Å². The fourth-order valence-corrected chi connectivity index (χ4v) is 3.23. The normalized spacial score (nSPS) is 12.7. The van der Waals surface area contributed by atoms with Gasteiger partial charge in [-0.15, -0.1) is 9.62 Å². The van der Waals surface area contributed by atoms with Crippen molar-refractivity contribution in [3.05, 3.63) is 29.5 Å². The Bertz CT molecular complexity index is 763. The summed E-state index contributed by atoms with van der Waals surface area (Å²) in [5.41, 5.74) is 6.15. The van der Waals surface area contributed by atoms with E-state index in [0.29, 0.717) is 29.4 Å². The molecule has 2 atom stereocenters. The van der Waals surface area contributed by atoms with E-state index in [4.69, 9.17) is 15.0 Å². The molecule has 2 unspecified atom stereocenters. The van der Waals surface area contributed by atoms with E-state index >= 15 is 0 Å². The number of nitrogens with two attached hydrogens (primary N) is 1. The minimum absolute atomic E-state index is 0.105. The summed E-state index contributed by atoms with van der Waals surface area (Å²) in [6.07, 6.45) is 3.39. The molecule has 2 rings (SSSR count). The van der Waals surface area contributed by atoms with Gasteiger partial charge in [0.05, 0.1) is 31.9 Å². The third kappa shape index (κ3) is 5.27. The summed E-state index contributed by atoms with van der Waals surface area (Å²) in [7, 11) is -2.21. The van der Waals surface area contributed by atoms with Crippen LogP contribution in [0.15, 0.2) is 12.4 Å². The minimum Gasteiger partial charge on any atom is -0.463 e. The Labute approximate surface area is 152 Å². The predicted molar refractivity (Wildman–Crippen MR) is 93.7 cm³/mol. The second-order valence-corrected chi connectivity index (χ2v) is 6.86. The zero-order chi connectivity index (χ0) is 19.1. The molecule has 2 aromatic rings. The molecular formula is C15H22N6O4P+. The number of carbonyl (C=O) groups excluding carboxylic acids is 1. The molecular weight excluding hydrogens is 359 g/mol. The average Bonchev–Trinajstić information content (AvgIpc) is 3.03. The molecule has 26 heavy (non-hydrogen) atoms. The predicted octanol–water partition coefficient (Wildman–Crippen LogP) is 1.26. The number of carbonyl (C=O) groups is 1. The van der Waals surface area contributed by atoms with E-state index in [-0.39, 0.29) is 19.6 Å². The smallest absolute Gasteiger partial charge is 0.463 e. The number of aromatic nitrogens is 5. The fourth-order valence-electron chi connectivity index (χ4n) is 2.22. The van der Waals surface area contributed by atoms with E-state index in [1.165, 1.54) is 0 Å². The molecule has 0 saturated carbocycles. The van der Waals surface area contributed by atoms with E-state index in [1.807, 2.05) is 0 Å². The summed E-state index contributed by atoms with van der Waals surface area (Å²) in [6.45, 7) is 5.92. The van der Waals surface area contributed by atoms with E-state index in [1.54, 1.807) is 37.8 Å². The number of hydrogen-bond acceptors (Lipinski definition) is 9. The van der Waals surface area contributed by atoms with Gasteiger partial charge in [-0.3, -0.25) is 0 Å². The Morgan fingerprint density at radius 3 is 2.81 bits per heavy atom. The number of nitrogen functional groups attached to an aromatic ring is 1. The van der Waals surface area contributed by atoms with Gasteiger partial charge in [-0.2, -0.15) is 0 Å². The maximum absolute atomic E-state index is 12.2. The minimum atomic E-state index is -2.21. The molecule has 0 radical (unpaired) electrons. The third-order valence-electron chi connectivity index (χ3n) is 3.41. The van der Waals surface area contributed by atoms with Crippen LogP contribution in [0.3, 0.4) is 0 Å². The van der Waals surface area contributed by atoms with Crippen molar-refractivity contribution in [2.24, 2.45) is 0 Å². The van der Waals surface area contributed by atoms with Crippen LogP contribution in [0, 0.1) is 6.92 Å². The molecule has 10 nitrogen and oxygen atoms in total. The third-order valence-corrected chi connectivity index (χ3v) is 4.82. The van der Waals surface area contributed by atoms with Crippen molar-refractivity contribution < 1.29 is 18.6 Å². The number of aryl methyl sites for hydroxylation is 1. The number of esters is 1. The van der Waals surface area contributed by atoms with E-state index in [9.17, 15) is 9.36 Å². The standard InChI is InChI=1S/C15H22N6O4P/c1-4-24-15(22)13(26(23)25-5-2)6-12-9-21(20-19-12)8-11-7-17-10(3)18-14(11)16/h7,9,13H,4-6,8H2,1-3H3,(H2,16,17,18)/q+1. The molecule has 0 bridgehead atoms. The van der Waals surface area contributed by atoms with Crippen LogP contribution in [-0.4, -0.2) is 49.8 Å². The Morgan fingerprint density at radius 2 is 2.15 bits per heavy atom. The summed E-state index contributed by atoms with van der Waals surface area (Å²) >= 11 is 0. The highest BCUT2D eigenvalue weighted by Crippen LogP contribution is 2.32. The number of nitrogens with zero attached hydrogens (tertiary/aromatic N) is 5. The lowest BCUT2D eigenvalue weighted by molar-refractivity contribution is -0.142. The van der Waals surface area contributed by atoms with Crippen LogP contribution in [0.1, 0.15) is 30.9 Å². The highest BCUT2D eigenvalue weighted by Gasteiger charge is 2.41. The average molecular weight is 381 g/mol. The largest absolute Gasteiger partial charge is 0.523 e. The molecule has 0 aliphatic carbocycles. The van der Waals surface area contributed by atoms with Gasteiger partial charge in [0.1, 0.15) is 11.6 Å².